The van der Waals surface area contributed by atoms with Gasteiger partial charge in [0.05, 0.1) is 12.2 Å². The molecule has 0 amide bonds. The van der Waals surface area contributed by atoms with Gasteiger partial charge in [-0.2, -0.15) is 0 Å². The zero-order valence-corrected chi connectivity index (χ0v) is 18.0. The number of allylic oxidation sites excluding steroid dienone is 5. The van der Waals surface area contributed by atoms with Gasteiger partial charge in [0.25, 0.3) is 0 Å². The molecular formula is C23H41NO2. The van der Waals surface area contributed by atoms with E-state index in [0.29, 0.717) is 6.42 Å². The zero-order chi connectivity index (χ0) is 20.5. The molecule has 0 radical (unpaired) electrons. The fourth-order valence-electron chi connectivity index (χ4n) is 2.23. The fourth-order valence-corrected chi connectivity index (χ4v) is 2.23. The first-order chi connectivity index (χ1) is 12.4. The van der Waals surface area contributed by atoms with Crippen LogP contribution in [0.4, 0.5) is 0 Å². The van der Waals surface area contributed by atoms with E-state index in [1.165, 1.54) is 12.0 Å². The van der Waals surface area contributed by atoms with Crippen LogP contribution in [0.25, 0.3) is 0 Å². The fraction of sp³-hybridized carbons (Fsp3) is 0.565. The van der Waals surface area contributed by atoms with Crippen LogP contribution in [0.15, 0.2) is 59.8 Å². The predicted octanol–water partition coefficient (Wildman–Crippen LogP) is 5.05. The van der Waals surface area contributed by atoms with Crippen LogP contribution < -0.4 is 0 Å². The van der Waals surface area contributed by atoms with Crippen LogP contribution >= 0.6 is 0 Å². The van der Waals surface area contributed by atoms with Gasteiger partial charge >= 0.3 is 0 Å². The van der Waals surface area contributed by atoms with E-state index < -0.39 is 12.2 Å². The lowest BCUT2D eigenvalue weighted by Crippen LogP contribution is -2.17. The summed E-state index contributed by atoms with van der Waals surface area (Å²) < 4.78 is 0. The molecule has 0 heterocycles. The lowest BCUT2D eigenvalue weighted by Gasteiger charge is -2.17. The number of rotatable bonds is 6. The largest absolute Gasteiger partial charge is 0.389 e. The molecule has 2 atom stereocenters. The van der Waals surface area contributed by atoms with Gasteiger partial charge in [-0.15, -0.1) is 0 Å². The van der Waals surface area contributed by atoms with Gasteiger partial charge in [0.2, 0.25) is 0 Å². The maximum absolute atomic E-state index is 10.2. The summed E-state index contributed by atoms with van der Waals surface area (Å²) in [5, 5.41) is 19.9. The Morgan fingerprint density at radius 2 is 1.85 bits per heavy atom. The van der Waals surface area contributed by atoms with Gasteiger partial charge in [-0.05, 0) is 38.6 Å². The molecule has 0 bridgehead atoms. The van der Waals surface area contributed by atoms with Gasteiger partial charge in [0, 0.05) is 13.0 Å². The Kier molecular flexibility index (Phi) is 17.5. The molecule has 2 unspecified atom stereocenters. The van der Waals surface area contributed by atoms with Crippen molar-refractivity contribution in [1.82, 2.24) is 4.90 Å². The molecule has 3 heteroatoms. The van der Waals surface area contributed by atoms with E-state index in [0.717, 1.165) is 24.1 Å². The first kappa shape index (κ1) is 26.8. The number of aliphatic hydroxyl groups is 2. The molecule has 0 aromatic carbocycles. The van der Waals surface area contributed by atoms with Gasteiger partial charge in [-0.1, -0.05) is 82.7 Å². The van der Waals surface area contributed by atoms with Crippen LogP contribution in [0.2, 0.25) is 0 Å². The normalized spacial score (nSPS) is 20.3. The standard InChI is InChI=1S/C18H27NO2.C3H8.C2H6/c1-5-14(10-11-19(3)4)12-15(6-2)17-9-7-8-16(20)13-18(17)21;1-3-2;1-2/h5-9,12,16,18,20-21H,2,10-11,13H2,1,3-4H3;3H2,1-2H3;1-2H3/b14-5-,15-12+;;. The molecule has 26 heavy (non-hydrogen) atoms. The van der Waals surface area contributed by atoms with Crippen molar-refractivity contribution in [3.05, 3.63) is 59.8 Å². The minimum absolute atomic E-state index is 0.316. The predicted molar refractivity (Wildman–Crippen MR) is 116 cm³/mol. The third kappa shape index (κ3) is 12.0. The smallest absolute Gasteiger partial charge is 0.0823 e. The van der Waals surface area contributed by atoms with Crippen molar-refractivity contribution in [1.29, 1.82) is 0 Å². The highest BCUT2D eigenvalue weighted by atomic mass is 16.3. The molecule has 1 aliphatic carbocycles. The second-order valence-corrected chi connectivity index (χ2v) is 6.25. The monoisotopic (exact) mass is 363 g/mol. The van der Waals surface area contributed by atoms with Gasteiger partial charge in [0.15, 0.2) is 0 Å². The second kappa shape index (κ2) is 17.0. The molecule has 0 aliphatic heterocycles. The van der Waals surface area contributed by atoms with Crippen LogP contribution in [-0.2, 0) is 0 Å². The highest BCUT2D eigenvalue weighted by molar-refractivity contribution is 5.47. The van der Waals surface area contributed by atoms with Gasteiger partial charge in [0.1, 0.15) is 0 Å². The molecule has 0 spiro atoms. The van der Waals surface area contributed by atoms with Crippen LogP contribution in [0.5, 0.6) is 0 Å². The van der Waals surface area contributed by atoms with E-state index in [4.69, 9.17) is 0 Å². The van der Waals surface area contributed by atoms with E-state index in [2.05, 4.69) is 51.6 Å². The van der Waals surface area contributed by atoms with E-state index in [1.807, 2.05) is 26.8 Å². The van der Waals surface area contributed by atoms with Crippen molar-refractivity contribution in [3.63, 3.8) is 0 Å². The first-order valence-corrected chi connectivity index (χ1v) is 9.78. The summed E-state index contributed by atoms with van der Waals surface area (Å²) in [6.45, 7) is 15.1. The average molecular weight is 364 g/mol. The Morgan fingerprint density at radius 3 is 2.31 bits per heavy atom. The lowest BCUT2D eigenvalue weighted by molar-refractivity contribution is 0.129. The summed E-state index contributed by atoms with van der Waals surface area (Å²) in [6, 6.07) is 0. The zero-order valence-electron chi connectivity index (χ0n) is 18.0. The molecular weight excluding hydrogens is 322 g/mol. The maximum atomic E-state index is 10.2. The minimum atomic E-state index is -0.675. The van der Waals surface area contributed by atoms with Crippen molar-refractivity contribution in [2.45, 2.75) is 66.1 Å². The minimum Gasteiger partial charge on any atom is -0.389 e. The molecule has 2 N–H and O–H groups in total. The van der Waals surface area contributed by atoms with Crippen LogP contribution in [-0.4, -0.2) is 48.0 Å². The molecule has 0 aromatic heterocycles. The SMILES string of the molecule is C=C/C(=C\C(=C/C)CCN(C)C)C1=CC=CC(O)CC1O.CC.CCC. The Hall–Kier alpha value is -1.42. The topological polar surface area (TPSA) is 43.7 Å². The highest BCUT2D eigenvalue weighted by Gasteiger charge is 2.18. The summed E-state index contributed by atoms with van der Waals surface area (Å²) >= 11 is 0. The number of hydrogen-bond donors (Lipinski definition) is 2. The van der Waals surface area contributed by atoms with E-state index in [9.17, 15) is 10.2 Å². The summed E-state index contributed by atoms with van der Waals surface area (Å²) in [6.07, 6.45) is 12.5. The molecule has 3 nitrogen and oxygen atoms in total. The van der Waals surface area contributed by atoms with Crippen molar-refractivity contribution in [2.24, 2.45) is 0 Å². The third-order valence-electron chi connectivity index (χ3n) is 3.55. The first-order valence-electron chi connectivity index (χ1n) is 9.78. The van der Waals surface area contributed by atoms with Crippen molar-refractivity contribution < 1.29 is 10.2 Å². The quantitative estimate of drug-likeness (QED) is 0.649. The Bertz CT molecular complexity index is 484. The van der Waals surface area contributed by atoms with Crippen LogP contribution in [0, 0.1) is 0 Å². The molecule has 0 saturated carbocycles. The third-order valence-corrected chi connectivity index (χ3v) is 3.55. The molecule has 0 saturated heterocycles. The Labute approximate surface area is 162 Å². The summed E-state index contributed by atoms with van der Waals surface area (Å²) in [4.78, 5) is 2.14. The van der Waals surface area contributed by atoms with Crippen molar-refractivity contribution in [3.8, 4) is 0 Å². The van der Waals surface area contributed by atoms with Crippen molar-refractivity contribution in [2.75, 3.05) is 20.6 Å². The maximum Gasteiger partial charge on any atom is 0.0823 e. The summed E-state index contributed by atoms with van der Waals surface area (Å²) in [5.74, 6) is 0. The van der Waals surface area contributed by atoms with E-state index >= 15 is 0 Å². The van der Waals surface area contributed by atoms with Gasteiger partial charge < -0.3 is 15.1 Å². The van der Waals surface area contributed by atoms with Crippen LogP contribution in [0.1, 0.15) is 53.9 Å². The number of aliphatic hydroxyl groups excluding tert-OH is 2. The Morgan fingerprint density at radius 1 is 1.27 bits per heavy atom. The van der Waals surface area contributed by atoms with Crippen LogP contribution in [0.3, 0.4) is 0 Å². The highest BCUT2D eigenvalue weighted by Crippen LogP contribution is 2.24. The Balaban J connectivity index is 0. The summed E-state index contributed by atoms with van der Waals surface area (Å²) in [5.41, 5.74) is 2.93. The number of nitrogens with zero attached hydrogens (tertiary/aromatic N) is 1. The van der Waals surface area contributed by atoms with E-state index in [-0.39, 0.29) is 0 Å². The molecule has 0 aromatic rings. The molecule has 1 aliphatic rings. The molecule has 0 fully saturated rings. The van der Waals surface area contributed by atoms with Crippen molar-refractivity contribution >= 4 is 0 Å². The lowest BCUT2D eigenvalue weighted by atomic mass is 9.95. The van der Waals surface area contributed by atoms with Gasteiger partial charge in [-0.3, -0.25) is 0 Å². The molecule has 1 rings (SSSR count). The van der Waals surface area contributed by atoms with Gasteiger partial charge in [-0.25, -0.2) is 0 Å². The number of hydrogen-bond acceptors (Lipinski definition) is 3. The molecule has 150 valence electrons. The van der Waals surface area contributed by atoms with E-state index in [1.54, 1.807) is 18.2 Å². The second-order valence-electron chi connectivity index (χ2n) is 6.25. The summed E-state index contributed by atoms with van der Waals surface area (Å²) in [7, 11) is 4.10. The average Bonchev–Trinajstić information content (AvgIpc) is 2.78.